The number of aromatic nitrogens is 2. The summed E-state index contributed by atoms with van der Waals surface area (Å²) in [7, 11) is 0. The van der Waals surface area contributed by atoms with Gasteiger partial charge in [-0.1, -0.05) is 13.3 Å². The number of rotatable bonds is 7. The van der Waals surface area contributed by atoms with E-state index in [2.05, 4.69) is 22.2 Å². The Balaban J connectivity index is 2.23. The van der Waals surface area contributed by atoms with Gasteiger partial charge in [0.05, 0.1) is 12.0 Å². The van der Waals surface area contributed by atoms with E-state index in [4.69, 9.17) is 5.11 Å². The van der Waals surface area contributed by atoms with E-state index in [-0.39, 0.29) is 6.61 Å². The monoisotopic (exact) mass is 211 g/mol. The van der Waals surface area contributed by atoms with Crippen molar-refractivity contribution in [3.8, 4) is 0 Å². The van der Waals surface area contributed by atoms with Crippen molar-refractivity contribution in [3.05, 3.63) is 17.7 Å². The molecule has 1 aromatic rings. The number of aromatic amines is 1. The summed E-state index contributed by atoms with van der Waals surface area (Å²) in [6, 6.07) is 0. The standard InChI is InChI=1S/C11H21N3O/c1-3-10(4-5-15)6-12-7-11-9(2)13-8-14-11/h8,10,12,15H,3-7H2,1-2H3,(H,13,14). The van der Waals surface area contributed by atoms with E-state index in [0.29, 0.717) is 5.92 Å². The van der Waals surface area contributed by atoms with Crippen LogP contribution in [-0.2, 0) is 6.54 Å². The summed E-state index contributed by atoms with van der Waals surface area (Å²) in [6.07, 6.45) is 3.70. The number of aliphatic hydroxyl groups is 1. The molecule has 0 fully saturated rings. The lowest BCUT2D eigenvalue weighted by Crippen LogP contribution is -2.23. The normalized spacial score (nSPS) is 13.0. The molecule has 0 aliphatic heterocycles. The van der Waals surface area contributed by atoms with Crippen LogP contribution in [-0.4, -0.2) is 28.2 Å². The third-order valence-electron chi connectivity index (χ3n) is 2.77. The molecule has 86 valence electrons. The Morgan fingerprint density at radius 3 is 2.93 bits per heavy atom. The second kappa shape index (κ2) is 6.58. The van der Waals surface area contributed by atoms with E-state index in [1.54, 1.807) is 6.33 Å². The highest BCUT2D eigenvalue weighted by Crippen LogP contribution is 2.06. The van der Waals surface area contributed by atoms with Crippen LogP contribution in [0.5, 0.6) is 0 Å². The van der Waals surface area contributed by atoms with Crippen molar-refractivity contribution in [1.82, 2.24) is 15.3 Å². The second-order valence-corrected chi connectivity index (χ2v) is 3.89. The number of imidazole rings is 1. The maximum atomic E-state index is 8.85. The molecule has 0 aliphatic rings. The lowest BCUT2D eigenvalue weighted by molar-refractivity contribution is 0.251. The molecule has 0 amide bonds. The summed E-state index contributed by atoms with van der Waals surface area (Å²) >= 11 is 0. The van der Waals surface area contributed by atoms with E-state index < -0.39 is 0 Å². The highest BCUT2D eigenvalue weighted by Gasteiger charge is 2.06. The number of nitrogens with one attached hydrogen (secondary N) is 2. The molecule has 0 saturated carbocycles. The fourth-order valence-electron chi connectivity index (χ4n) is 1.59. The Morgan fingerprint density at radius 2 is 2.40 bits per heavy atom. The maximum absolute atomic E-state index is 8.85. The Bertz CT molecular complexity index is 273. The van der Waals surface area contributed by atoms with Crippen molar-refractivity contribution in [2.75, 3.05) is 13.2 Å². The van der Waals surface area contributed by atoms with Gasteiger partial charge in [-0.2, -0.15) is 0 Å². The number of H-pyrrole nitrogens is 1. The van der Waals surface area contributed by atoms with Gasteiger partial charge >= 0.3 is 0 Å². The van der Waals surface area contributed by atoms with Crippen molar-refractivity contribution in [3.63, 3.8) is 0 Å². The summed E-state index contributed by atoms with van der Waals surface area (Å²) < 4.78 is 0. The van der Waals surface area contributed by atoms with E-state index >= 15 is 0 Å². The quantitative estimate of drug-likeness (QED) is 0.635. The summed E-state index contributed by atoms with van der Waals surface area (Å²) in [5.41, 5.74) is 2.20. The molecule has 0 aliphatic carbocycles. The second-order valence-electron chi connectivity index (χ2n) is 3.89. The molecular formula is C11H21N3O. The van der Waals surface area contributed by atoms with E-state index in [9.17, 15) is 0 Å². The molecule has 1 unspecified atom stereocenters. The smallest absolute Gasteiger partial charge is 0.0925 e. The average Bonchev–Trinajstić information content (AvgIpc) is 2.63. The molecule has 0 aromatic carbocycles. The Labute approximate surface area is 91.1 Å². The molecule has 3 N–H and O–H groups in total. The third kappa shape index (κ3) is 4.01. The highest BCUT2D eigenvalue weighted by molar-refractivity contribution is 5.07. The predicted octanol–water partition coefficient (Wildman–Crippen LogP) is 1.22. The SMILES string of the molecule is CCC(CCO)CNCc1nc[nH]c1C. The van der Waals surface area contributed by atoms with Crippen LogP contribution in [0.3, 0.4) is 0 Å². The summed E-state index contributed by atoms with van der Waals surface area (Å²) in [5.74, 6) is 0.564. The molecule has 4 heteroatoms. The molecule has 1 atom stereocenters. The number of aliphatic hydroxyl groups excluding tert-OH is 1. The van der Waals surface area contributed by atoms with Crippen molar-refractivity contribution in [1.29, 1.82) is 0 Å². The van der Waals surface area contributed by atoms with Crippen LogP contribution < -0.4 is 5.32 Å². The summed E-state index contributed by atoms with van der Waals surface area (Å²) in [6.45, 7) is 6.21. The molecule has 0 spiro atoms. The number of hydrogen-bond donors (Lipinski definition) is 3. The largest absolute Gasteiger partial charge is 0.396 e. The maximum Gasteiger partial charge on any atom is 0.0925 e. The molecule has 0 bridgehead atoms. The first-order valence-corrected chi connectivity index (χ1v) is 5.58. The minimum atomic E-state index is 0.279. The van der Waals surface area contributed by atoms with E-state index in [1.165, 1.54) is 0 Å². The molecule has 1 aromatic heterocycles. The number of nitrogens with zero attached hydrogens (tertiary/aromatic N) is 1. The zero-order valence-corrected chi connectivity index (χ0v) is 9.58. The van der Waals surface area contributed by atoms with Gasteiger partial charge in [-0.3, -0.25) is 0 Å². The Morgan fingerprint density at radius 1 is 1.60 bits per heavy atom. The lowest BCUT2D eigenvalue weighted by atomic mass is 10.0. The third-order valence-corrected chi connectivity index (χ3v) is 2.77. The van der Waals surface area contributed by atoms with Crippen LogP contribution in [0.2, 0.25) is 0 Å². The average molecular weight is 211 g/mol. The van der Waals surface area contributed by atoms with Crippen LogP contribution in [0.25, 0.3) is 0 Å². The molecule has 0 saturated heterocycles. The van der Waals surface area contributed by atoms with Gasteiger partial charge in [-0.05, 0) is 25.8 Å². The van der Waals surface area contributed by atoms with Gasteiger partial charge in [0.1, 0.15) is 0 Å². The van der Waals surface area contributed by atoms with Gasteiger partial charge in [-0.25, -0.2) is 4.98 Å². The van der Waals surface area contributed by atoms with Crippen molar-refractivity contribution in [2.24, 2.45) is 5.92 Å². The summed E-state index contributed by atoms with van der Waals surface area (Å²) in [5, 5.41) is 12.2. The Kier molecular flexibility index (Phi) is 5.36. The fraction of sp³-hybridized carbons (Fsp3) is 0.727. The first-order chi connectivity index (χ1) is 7.27. The van der Waals surface area contributed by atoms with Gasteiger partial charge in [0.2, 0.25) is 0 Å². The molecule has 15 heavy (non-hydrogen) atoms. The van der Waals surface area contributed by atoms with Gasteiger partial charge in [-0.15, -0.1) is 0 Å². The number of hydrogen-bond acceptors (Lipinski definition) is 3. The highest BCUT2D eigenvalue weighted by atomic mass is 16.3. The zero-order valence-electron chi connectivity index (χ0n) is 9.58. The Hall–Kier alpha value is -0.870. The first-order valence-electron chi connectivity index (χ1n) is 5.58. The van der Waals surface area contributed by atoms with Crippen LogP contribution in [0.1, 0.15) is 31.2 Å². The molecule has 1 rings (SSSR count). The fourth-order valence-corrected chi connectivity index (χ4v) is 1.59. The lowest BCUT2D eigenvalue weighted by Gasteiger charge is -2.13. The van der Waals surface area contributed by atoms with Crippen molar-refractivity contribution >= 4 is 0 Å². The molecule has 1 heterocycles. The number of aryl methyl sites for hydroxylation is 1. The van der Waals surface area contributed by atoms with Crippen molar-refractivity contribution in [2.45, 2.75) is 33.2 Å². The van der Waals surface area contributed by atoms with E-state index in [0.717, 1.165) is 37.3 Å². The summed E-state index contributed by atoms with van der Waals surface area (Å²) in [4.78, 5) is 7.27. The molecule has 4 nitrogen and oxygen atoms in total. The molecule has 0 radical (unpaired) electrons. The van der Waals surface area contributed by atoms with Gasteiger partial charge in [0.25, 0.3) is 0 Å². The zero-order chi connectivity index (χ0) is 11.1. The van der Waals surface area contributed by atoms with Crippen LogP contribution in [0.15, 0.2) is 6.33 Å². The van der Waals surface area contributed by atoms with Gasteiger partial charge in [0.15, 0.2) is 0 Å². The van der Waals surface area contributed by atoms with Gasteiger partial charge in [0, 0.05) is 18.8 Å². The van der Waals surface area contributed by atoms with E-state index in [1.807, 2.05) is 6.92 Å². The predicted molar refractivity (Wildman–Crippen MR) is 60.5 cm³/mol. The minimum absolute atomic E-state index is 0.279. The van der Waals surface area contributed by atoms with Crippen LogP contribution >= 0.6 is 0 Å². The van der Waals surface area contributed by atoms with Crippen molar-refractivity contribution < 1.29 is 5.11 Å². The molecular weight excluding hydrogens is 190 g/mol. The van der Waals surface area contributed by atoms with Crippen LogP contribution in [0.4, 0.5) is 0 Å². The topological polar surface area (TPSA) is 60.9 Å². The first kappa shape index (κ1) is 12.2. The van der Waals surface area contributed by atoms with Gasteiger partial charge < -0.3 is 15.4 Å². The van der Waals surface area contributed by atoms with Crippen LogP contribution in [0, 0.1) is 12.8 Å². The minimum Gasteiger partial charge on any atom is -0.396 e.